The van der Waals surface area contributed by atoms with E-state index in [1.165, 1.54) is 6.07 Å². The number of aryl methyl sites for hydroxylation is 1. The fourth-order valence-electron chi connectivity index (χ4n) is 2.20. The van der Waals surface area contributed by atoms with E-state index >= 15 is 0 Å². The van der Waals surface area contributed by atoms with Crippen molar-refractivity contribution in [3.8, 4) is 17.0 Å². The van der Waals surface area contributed by atoms with Gasteiger partial charge in [-0.2, -0.15) is 8.78 Å². The van der Waals surface area contributed by atoms with Gasteiger partial charge >= 0.3 is 6.61 Å². The molecule has 0 bridgehead atoms. The van der Waals surface area contributed by atoms with Crippen LogP contribution in [-0.2, 0) is 13.0 Å². The molecule has 20 heavy (non-hydrogen) atoms. The van der Waals surface area contributed by atoms with Crippen LogP contribution in [0.5, 0.6) is 5.75 Å². The molecule has 1 aromatic heterocycles. The Morgan fingerprint density at radius 3 is 2.55 bits per heavy atom. The molecule has 0 aliphatic carbocycles. The average molecular weight is 281 g/mol. The molecule has 0 fully saturated rings. The number of benzene rings is 1. The summed E-state index contributed by atoms with van der Waals surface area (Å²) < 4.78 is 31.3. The second-order valence-electron chi connectivity index (χ2n) is 4.23. The second kappa shape index (κ2) is 5.90. The molecule has 0 aliphatic heterocycles. The molecule has 0 amide bonds. The van der Waals surface area contributed by atoms with Gasteiger partial charge in [-0.25, -0.2) is 4.98 Å². The first-order chi connectivity index (χ1) is 9.58. The smallest absolute Gasteiger partial charge is 0.387 e. The number of hydrogen-bond donors (Lipinski definition) is 1. The van der Waals surface area contributed by atoms with Crippen LogP contribution in [0.15, 0.2) is 24.3 Å². The lowest BCUT2D eigenvalue weighted by atomic mass is 10.1. The maximum absolute atomic E-state index is 12.5. The highest BCUT2D eigenvalue weighted by Gasteiger charge is 2.18. The summed E-state index contributed by atoms with van der Waals surface area (Å²) in [6, 6.07) is 6.53. The lowest BCUT2D eigenvalue weighted by Crippen LogP contribution is -2.05. The Kier molecular flexibility index (Phi) is 4.22. The monoisotopic (exact) mass is 281 g/mol. The van der Waals surface area contributed by atoms with Crippen molar-refractivity contribution in [1.82, 2.24) is 9.55 Å². The number of anilines is 1. The Morgan fingerprint density at radius 2 is 2.00 bits per heavy atom. The van der Waals surface area contributed by atoms with Gasteiger partial charge in [0.2, 0.25) is 0 Å². The van der Waals surface area contributed by atoms with Crippen LogP contribution in [0, 0.1) is 0 Å². The van der Waals surface area contributed by atoms with Gasteiger partial charge in [0.25, 0.3) is 0 Å². The predicted molar refractivity (Wildman–Crippen MR) is 73.8 cm³/mol. The third-order valence-electron chi connectivity index (χ3n) is 3.08. The number of halogens is 2. The molecule has 0 aliphatic rings. The van der Waals surface area contributed by atoms with Crippen LogP contribution in [0.3, 0.4) is 0 Å². The lowest BCUT2D eigenvalue weighted by Gasteiger charge is -2.09. The number of rotatable bonds is 5. The quantitative estimate of drug-likeness (QED) is 0.914. The maximum Gasteiger partial charge on any atom is 0.387 e. The van der Waals surface area contributed by atoms with E-state index in [0.717, 1.165) is 12.2 Å². The zero-order chi connectivity index (χ0) is 14.7. The van der Waals surface area contributed by atoms with Gasteiger partial charge in [0.05, 0.1) is 0 Å². The topological polar surface area (TPSA) is 53.1 Å². The molecular formula is C14H17F2N3O. The van der Waals surface area contributed by atoms with Crippen LogP contribution in [0.2, 0.25) is 0 Å². The number of nitrogens with two attached hydrogens (primary N) is 1. The largest absolute Gasteiger partial charge is 0.434 e. The molecule has 2 rings (SSSR count). The number of ether oxygens (including phenoxy) is 1. The third kappa shape index (κ3) is 2.59. The van der Waals surface area contributed by atoms with Crippen molar-refractivity contribution in [2.45, 2.75) is 33.4 Å². The fourth-order valence-corrected chi connectivity index (χ4v) is 2.20. The standard InChI is InChI=1S/C14H17F2N3O/c1-3-11-18-12(13(17)19(11)4-2)9-7-5-6-8-10(9)20-14(15)16/h5-8,14H,3-4,17H2,1-2H3. The Bertz CT molecular complexity index is 596. The molecule has 6 heteroatoms. The summed E-state index contributed by atoms with van der Waals surface area (Å²) in [5.74, 6) is 1.37. The van der Waals surface area contributed by atoms with Crippen LogP contribution in [0.1, 0.15) is 19.7 Å². The van der Waals surface area contributed by atoms with Crippen molar-refractivity contribution in [2.24, 2.45) is 0 Å². The van der Waals surface area contributed by atoms with Gasteiger partial charge in [0, 0.05) is 18.5 Å². The normalized spacial score (nSPS) is 11.1. The Hall–Kier alpha value is -2.11. The van der Waals surface area contributed by atoms with Crippen LogP contribution in [0.4, 0.5) is 14.6 Å². The summed E-state index contributed by atoms with van der Waals surface area (Å²) in [5, 5.41) is 0. The number of alkyl halides is 2. The van der Waals surface area contributed by atoms with E-state index in [4.69, 9.17) is 5.73 Å². The molecule has 0 saturated carbocycles. The number of hydrogen-bond acceptors (Lipinski definition) is 3. The molecule has 0 spiro atoms. The van der Waals surface area contributed by atoms with Crippen molar-refractivity contribution in [2.75, 3.05) is 5.73 Å². The number of imidazole rings is 1. The van der Waals surface area contributed by atoms with Gasteiger partial charge in [-0.15, -0.1) is 0 Å². The molecule has 2 N–H and O–H groups in total. The van der Waals surface area contributed by atoms with Gasteiger partial charge < -0.3 is 15.0 Å². The minimum Gasteiger partial charge on any atom is -0.434 e. The first-order valence-electron chi connectivity index (χ1n) is 6.47. The van der Waals surface area contributed by atoms with E-state index in [1.54, 1.807) is 18.2 Å². The van der Waals surface area contributed by atoms with Crippen LogP contribution in [-0.4, -0.2) is 16.2 Å². The number of aromatic nitrogens is 2. The molecule has 4 nitrogen and oxygen atoms in total. The van der Waals surface area contributed by atoms with Crippen LogP contribution >= 0.6 is 0 Å². The van der Waals surface area contributed by atoms with Crippen molar-refractivity contribution < 1.29 is 13.5 Å². The van der Waals surface area contributed by atoms with Crippen molar-refractivity contribution in [3.63, 3.8) is 0 Å². The number of nitrogen functional groups attached to an aromatic ring is 1. The predicted octanol–water partition coefficient (Wildman–Crippen LogP) is 3.32. The second-order valence-corrected chi connectivity index (χ2v) is 4.23. The molecule has 0 atom stereocenters. The molecular weight excluding hydrogens is 264 g/mol. The summed E-state index contributed by atoms with van der Waals surface area (Å²) >= 11 is 0. The highest BCUT2D eigenvalue weighted by atomic mass is 19.3. The summed E-state index contributed by atoms with van der Waals surface area (Å²) in [4.78, 5) is 4.45. The summed E-state index contributed by atoms with van der Waals surface area (Å²) in [6.07, 6.45) is 0.718. The zero-order valence-corrected chi connectivity index (χ0v) is 11.4. The molecule has 2 aromatic rings. The summed E-state index contributed by atoms with van der Waals surface area (Å²) in [7, 11) is 0. The third-order valence-corrected chi connectivity index (χ3v) is 3.08. The maximum atomic E-state index is 12.5. The summed E-state index contributed by atoms with van der Waals surface area (Å²) in [5.41, 5.74) is 7.04. The van der Waals surface area contributed by atoms with E-state index in [1.807, 2.05) is 18.4 Å². The van der Waals surface area contributed by atoms with Crippen molar-refractivity contribution in [3.05, 3.63) is 30.1 Å². The molecule has 108 valence electrons. The average Bonchev–Trinajstić information content (AvgIpc) is 2.75. The highest BCUT2D eigenvalue weighted by Crippen LogP contribution is 2.34. The first kappa shape index (κ1) is 14.3. The highest BCUT2D eigenvalue weighted by molar-refractivity contribution is 5.76. The van der Waals surface area contributed by atoms with Crippen LogP contribution in [0.25, 0.3) is 11.3 Å². The van der Waals surface area contributed by atoms with E-state index in [2.05, 4.69) is 9.72 Å². The van der Waals surface area contributed by atoms with Crippen molar-refractivity contribution >= 4 is 5.82 Å². The number of nitrogens with zero attached hydrogens (tertiary/aromatic N) is 2. The minimum atomic E-state index is -2.88. The van der Waals surface area contributed by atoms with Gasteiger partial charge in [-0.05, 0) is 19.1 Å². The molecule has 1 heterocycles. The first-order valence-corrected chi connectivity index (χ1v) is 6.47. The minimum absolute atomic E-state index is 0.0811. The van der Waals surface area contributed by atoms with E-state index < -0.39 is 6.61 Å². The molecule has 1 aromatic carbocycles. The molecule has 0 unspecified atom stereocenters. The van der Waals surface area contributed by atoms with Gasteiger partial charge in [-0.3, -0.25) is 0 Å². The Morgan fingerprint density at radius 1 is 1.30 bits per heavy atom. The van der Waals surface area contributed by atoms with Crippen molar-refractivity contribution in [1.29, 1.82) is 0 Å². The fraction of sp³-hybridized carbons (Fsp3) is 0.357. The van der Waals surface area contributed by atoms with Gasteiger partial charge in [0.1, 0.15) is 23.1 Å². The Labute approximate surface area is 116 Å². The van der Waals surface area contributed by atoms with E-state index in [9.17, 15) is 8.78 Å². The van der Waals surface area contributed by atoms with Gasteiger partial charge in [-0.1, -0.05) is 19.1 Å². The van der Waals surface area contributed by atoms with E-state index in [-0.39, 0.29) is 5.75 Å². The van der Waals surface area contributed by atoms with E-state index in [0.29, 0.717) is 23.6 Å². The SMILES string of the molecule is CCc1nc(-c2ccccc2OC(F)F)c(N)n1CC. The molecule has 0 saturated heterocycles. The summed E-state index contributed by atoms with van der Waals surface area (Å²) in [6.45, 7) is 1.73. The Balaban J connectivity index is 2.54. The zero-order valence-electron chi connectivity index (χ0n) is 11.4. The number of para-hydroxylation sites is 1. The van der Waals surface area contributed by atoms with Gasteiger partial charge in [0.15, 0.2) is 0 Å². The molecule has 0 radical (unpaired) electrons. The van der Waals surface area contributed by atoms with Crippen LogP contribution < -0.4 is 10.5 Å². The lowest BCUT2D eigenvalue weighted by molar-refractivity contribution is -0.0494.